The van der Waals surface area contributed by atoms with Gasteiger partial charge in [-0.1, -0.05) is 18.3 Å². The lowest BCUT2D eigenvalue weighted by Gasteiger charge is -2.11. The highest BCUT2D eigenvalue weighted by atomic mass is 32.1. The topological polar surface area (TPSA) is 111 Å². The molecule has 1 unspecified atom stereocenters. The molecular weight excluding hydrogens is 282 g/mol. The number of aromatic amines is 1. The van der Waals surface area contributed by atoms with Crippen molar-refractivity contribution in [3.63, 3.8) is 0 Å². The molecule has 2 amide bonds. The van der Waals surface area contributed by atoms with Gasteiger partial charge in [-0.25, -0.2) is 4.79 Å². The molecule has 7 nitrogen and oxygen atoms in total. The number of urea groups is 1. The van der Waals surface area contributed by atoms with Crippen molar-refractivity contribution in [1.29, 1.82) is 0 Å². The number of amides is 2. The summed E-state index contributed by atoms with van der Waals surface area (Å²) >= 11 is 1.05. The van der Waals surface area contributed by atoms with Crippen molar-refractivity contribution in [2.75, 3.05) is 6.54 Å². The number of hydrogen-bond acceptors (Lipinski definition) is 4. The lowest BCUT2D eigenvalue weighted by molar-refractivity contribution is -0.137. The van der Waals surface area contributed by atoms with Crippen molar-refractivity contribution in [2.24, 2.45) is 5.92 Å². The van der Waals surface area contributed by atoms with Crippen LogP contribution < -0.4 is 15.5 Å². The van der Waals surface area contributed by atoms with Gasteiger partial charge >= 0.3 is 16.9 Å². The highest BCUT2D eigenvalue weighted by Crippen LogP contribution is 2.08. The number of rotatable bonds is 8. The Bertz CT molecular complexity index is 497. The molecular formula is C12H19N3O4S. The van der Waals surface area contributed by atoms with Crippen molar-refractivity contribution >= 4 is 23.3 Å². The molecule has 0 aliphatic heterocycles. The van der Waals surface area contributed by atoms with Gasteiger partial charge in [0.2, 0.25) is 0 Å². The van der Waals surface area contributed by atoms with Gasteiger partial charge in [-0.05, 0) is 18.8 Å². The maximum Gasteiger partial charge on any atom is 0.315 e. The van der Waals surface area contributed by atoms with E-state index in [0.29, 0.717) is 18.7 Å². The maximum absolute atomic E-state index is 11.5. The molecule has 20 heavy (non-hydrogen) atoms. The quantitative estimate of drug-likeness (QED) is 0.576. The van der Waals surface area contributed by atoms with Crippen LogP contribution in [0, 0.1) is 5.92 Å². The second-order valence-corrected chi connectivity index (χ2v) is 5.45. The standard InChI is InChI=1S/C12H19N3O4S/c1-8(2-3-10(16)17)4-5-13-11(18)14-6-9-7-20-12(19)15-9/h7-8H,2-6H2,1H3,(H,15,19)(H,16,17)(H2,13,14,18). The molecule has 0 fully saturated rings. The Morgan fingerprint density at radius 3 is 2.75 bits per heavy atom. The van der Waals surface area contributed by atoms with Gasteiger partial charge < -0.3 is 20.7 Å². The summed E-state index contributed by atoms with van der Waals surface area (Å²) in [7, 11) is 0. The molecule has 1 heterocycles. The van der Waals surface area contributed by atoms with Crippen LogP contribution in [0.25, 0.3) is 0 Å². The summed E-state index contributed by atoms with van der Waals surface area (Å²) in [5.41, 5.74) is 0.671. The number of hydrogen-bond donors (Lipinski definition) is 4. The largest absolute Gasteiger partial charge is 0.481 e. The molecule has 0 aromatic carbocycles. The lowest BCUT2D eigenvalue weighted by atomic mass is 10.0. The van der Waals surface area contributed by atoms with Gasteiger partial charge in [0.05, 0.1) is 6.54 Å². The highest BCUT2D eigenvalue weighted by Gasteiger charge is 2.07. The number of H-pyrrole nitrogens is 1. The van der Waals surface area contributed by atoms with Crippen LogP contribution in [0.1, 0.15) is 31.9 Å². The summed E-state index contributed by atoms with van der Waals surface area (Å²) in [6.07, 6.45) is 1.49. The first-order valence-electron chi connectivity index (χ1n) is 6.37. The number of aromatic nitrogens is 1. The zero-order valence-electron chi connectivity index (χ0n) is 11.3. The molecule has 0 saturated heterocycles. The van der Waals surface area contributed by atoms with E-state index >= 15 is 0 Å². The summed E-state index contributed by atoms with van der Waals surface area (Å²) < 4.78 is 0. The number of carbonyl (C=O) groups is 2. The fourth-order valence-corrected chi connectivity index (χ4v) is 2.17. The van der Waals surface area contributed by atoms with Crippen LogP contribution in [0.15, 0.2) is 10.2 Å². The number of nitrogens with one attached hydrogen (secondary N) is 3. The Balaban J connectivity index is 2.10. The zero-order valence-corrected chi connectivity index (χ0v) is 12.1. The molecule has 1 aromatic rings. The average Bonchev–Trinajstić information content (AvgIpc) is 2.80. The summed E-state index contributed by atoms with van der Waals surface area (Å²) in [6.45, 7) is 2.73. The molecule has 0 bridgehead atoms. The minimum absolute atomic E-state index is 0.144. The van der Waals surface area contributed by atoms with Crippen LogP contribution in [0.5, 0.6) is 0 Å². The summed E-state index contributed by atoms with van der Waals surface area (Å²) in [4.78, 5) is 35.2. The third-order valence-corrected chi connectivity index (χ3v) is 3.50. The average molecular weight is 301 g/mol. The van der Waals surface area contributed by atoms with Crippen molar-refractivity contribution in [2.45, 2.75) is 32.7 Å². The SMILES string of the molecule is CC(CCNC(=O)NCc1csc(=O)[nH]1)CCC(=O)O. The Kier molecular flexibility index (Phi) is 6.78. The zero-order chi connectivity index (χ0) is 15.0. The molecule has 1 atom stereocenters. The molecule has 0 spiro atoms. The fraction of sp³-hybridized carbons (Fsp3) is 0.583. The van der Waals surface area contributed by atoms with Crippen molar-refractivity contribution in [1.82, 2.24) is 15.6 Å². The first-order chi connectivity index (χ1) is 9.47. The predicted molar refractivity (Wildman–Crippen MR) is 75.8 cm³/mol. The van der Waals surface area contributed by atoms with Crippen LogP contribution in [0.4, 0.5) is 4.79 Å². The van der Waals surface area contributed by atoms with Gasteiger partial charge in [0.15, 0.2) is 0 Å². The van der Waals surface area contributed by atoms with E-state index in [9.17, 15) is 14.4 Å². The normalized spacial score (nSPS) is 11.8. The van der Waals surface area contributed by atoms with Gasteiger partial charge in [-0.2, -0.15) is 0 Å². The van der Waals surface area contributed by atoms with Crippen LogP contribution in [0.2, 0.25) is 0 Å². The van der Waals surface area contributed by atoms with E-state index in [4.69, 9.17) is 5.11 Å². The van der Waals surface area contributed by atoms with E-state index in [1.807, 2.05) is 6.92 Å². The maximum atomic E-state index is 11.5. The Morgan fingerprint density at radius 2 is 2.15 bits per heavy atom. The molecule has 4 N–H and O–H groups in total. The Labute approximate surface area is 120 Å². The Morgan fingerprint density at radius 1 is 1.40 bits per heavy atom. The first-order valence-corrected chi connectivity index (χ1v) is 7.25. The second kappa shape index (κ2) is 8.36. The van der Waals surface area contributed by atoms with Crippen LogP contribution in [-0.4, -0.2) is 28.6 Å². The molecule has 0 radical (unpaired) electrons. The molecule has 1 aromatic heterocycles. The predicted octanol–water partition coefficient (Wildman–Crippen LogP) is 1.13. The van der Waals surface area contributed by atoms with Gasteiger partial charge in [-0.15, -0.1) is 0 Å². The van der Waals surface area contributed by atoms with E-state index in [0.717, 1.165) is 17.8 Å². The number of carboxylic acids is 1. The number of aliphatic carboxylic acids is 1. The number of carbonyl (C=O) groups excluding carboxylic acids is 1. The van der Waals surface area contributed by atoms with Crippen molar-refractivity contribution in [3.05, 3.63) is 20.7 Å². The summed E-state index contributed by atoms with van der Waals surface area (Å²) in [5, 5.41) is 15.5. The minimum atomic E-state index is -0.799. The van der Waals surface area contributed by atoms with E-state index < -0.39 is 5.97 Å². The highest BCUT2D eigenvalue weighted by molar-refractivity contribution is 7.07. The van der Waals surface area contributed by atoms with Gasteiger partial charge in [0.1, 0.15) is 0 Å². The first kappa shape index (κ1) is 16.2. The monoisotopic (exact) mass is 301 g/mol. The molecule has 0 aliphatic rings. The molecule has 1 rings (SSSR count). The van der Waals surface area contributed by atoms with Gasteiger partial charge in [0.25, 0.3) is 0 Å². The molecule has 0 aliphatic carbocycles. The molecule has 8 heteroatoms. The fourth-order valence-electron chi connectivity index (χ4n) is 1.58. The second-order valence-electron chi connectivity index (χ2n) is 4.61. The smallest absolute Gasteiger partial charge is 0.315 e. The lowest BCUT2D eigenvalue weighted by Crippen LogP contribution is -2.36. The number of thiazole rings is 1. The van der Waals surface area contributed by atoms with E-state index in [1.165, 1.54) is 0 Å². The van der Waals surface area contributed by atoms with Crippen LogP contribution in [0.3, 0.4) is 0 Å². The van der Waals surface area contributed by atoms with E-state index in [1.54, 1.807) is 5.38 Å². The number of carboxylic acid groups (broad SMARTS) is 1. The van der Waals surface area contributed by atoms with E-state index in [-0.39, 0.29) is 29.8 Å². The third kappa shape index (κ3) is 6.93. The summed E-state index contributed by atoms with van der Waals surface area (Å²) in [6, 6.07) is -0.303. The van der Waals surface area contributed by atoms with Crippen LogP contribution >= 0.6 is 11.3 Å². The Hall–Kier alpha value is -1.83. The van der Waals surface area contributed by atoms with Gasteiger partial charge in [-0.3, -0.25) is 9.59 Å². The van der Waals surface area contributed by atoms with Crippen molar-refractivity contribution < 1.29 is 14.7 Å². The molecule has 0 saturated carbocycles. The summed E-state index contributed by atoms with van der Waals surface area (Å²) in [5.74, 6) is -0.549. The molecule has 112 valence electrons. The van der Waals surface area contributed by atoms with Crippen molar-refractivity contribution in [3.8, 4) is 0 Å². The van der Waals surface area contributed by atoms with Gasteiger partial charge in [0, 0.05) is 24.0 Å². The van der Waals surface area contributed by atoms with Crippen LogP contribution in [-0.2, 0) is 11.3 Å². The van der Waals surface area contributed by atoms with E-state index in [2.05, 4.69) is 15.6 Å². The third-order valence-electron chi connectivity index (χ3n) is 2.78. The minimum Gasteiger partial charge on any atom is -0.481 e.